The van der Waals surface area contributed by atoms with E-state index in [1.165, 1.54) is 0 Å². The van der Waals surface area contributed by atoms with Crippen LogP contribution >= 0.6 is 0 Å². The zero-order valence-electron chi connectivity index (χ0n) is 10.4. The molecule has 1 aromatic heterocycles. The van der Waals surface area contributed by atoms with Gasteiger partial charge in [-0.2, -0.15) is 0 Å². The second kappa shape index (κ2) is 4.49. The Morgan fingerprint density at radius 3 is 2.71 bits per heavy atom. The van der Waals surface area contributed by atoms with Gasteiger partial charge in [0.1, 0.15) is 5.76 Å². The number of rotatable bonds is 4. The fraction of sp³-hybridized carbons (Fsp3) is 0.667. The Bertz CT molecular complexity index is 402. The van der Waals surface area contributed by atoms with Gasteiger partial charge in [0.05, 0.1) is 11.6 Å². The lowest BCUT2D eigenvalue weighted by Crippen LogP contribution is -2.50. The highest BCUT2D eigenvalue weighted by atomic mass is 16.5. The highest BCUT2D eigenvalue weighted by Gasteiger charge is 2.35. The number of aryl methyl sites for hydroxylation is 2. The van der Waals surface area contributed by atoms with Crippen molar-refractivity contribution in [2.45, 2.75) is 27.3 Å². The molecule has 94 valence electrons. The summed E-state index contributed by atoms with van der Waals surface area (Å²) in [6.45, 7) is 8.12. The van der Waals surface area contributed by atoms with E-state index in [4.69, 9.17) is 9.63 Å². The Labute approximate surface area is 100 Å². The van der Waals surface area contributed by atoms with E-state index >= 15 is 0 Å². The molecule has 0 saturated carbocycles. The molecule has 1 aliphatic rings. The van der Waals surface area contributed by atoms with Gasteiger partial charge in [0, 0.05) is 25.2 Å². The largest absolute Gasteiger partial charge is 0.481 e. The minimum absolute atomic E-state index is 0.254. The lowest BCUT2D eigenvalue weighted by molar-refractivity contribution is -0.145. The summed E-state index contributed by atoms with van der Waals surface area (Å²) in [5.74, 6) is 0.174. The molecule has 5 heteroatoms. The first-order valence-electron chi connectivity index (χ1n) is 5.86. The molecule has 1 aromatic rings. The van der Waals surface area contributed by atoms with Crippen LogP contribution in [0.25, 0.3) is 0 Å². The number of nitrogens with zero attached hydrogens (tertiary/aromatic N) is 2. The molecule has 1 fully saturated rings. The number of likely N-dealkylation sites (tertiary alicyclic amines) is 1. The van der Waals surface area contributed by atoms with Crippen molar-refractivity contribution in [1.29, 1.82) is 0 Å². The lowest BCUT2D eigenvalue weighted by atomic mass is 9.87. The van der Waals surface area contributed by atoms with Crippen molar-refractivity contribution in [2.24, 2.45) is 11.8 Å². The summed E-state index contributed by atoms with van der Waals surface area (Å²) in [6.07, 6.45) is 0. The maximum absolute atomic E-state index is 10.8. The second-order valence-corrected chi connectivity index (χ2v) is 4.88. The standard InChI is InChI=1S/C12H18N2O3/c1-7(12(15)16)10-4-14(5-10)6-11-8(2)13-17-9(11)3/h7,10H,4-6H2,1-3H3,(H,15,16). The van der Waals surface area contributed by atoms with Crippen LogP contribution in [0.5, 0.6) is 0 Å². The molecule has 1 saturated heterocycles. The van der Waals surface area contributed by atoms with Gasteiger partial charge in [0.2, 0.25) is 0 Å². The van der Waals surface area contributed by atoms with Crippen LogP contribution in [0.15, 0.2) is 4.52 Å². The molecule has 0 bridgehead atoms. The summed E-state index contributed by atoms with van der Waals surface area (Å²) in [5, 5.41) is 12.8. The summed E-state index contributed by atoms with van der Waals surface area (Å²) < 4.78 is 5.11. The van der Waals surface area contributed by atoms with Gasteiger partial charge in [0.25, 0.3) is 0 Å². The van der Waals surface area contributed by atoms with Crippen LogP contribution < -0.4 is 0 Å². The smallest absolute Gasteiger partial charge is 0.306 e. The SMILES string of the molecule is Cc1noc(C)c1CN1CC(C(C)C(=O)O)C1. The van der Waals surface area contributed by atoms with Gasteiger partial charge < -0.3 is 9.63 Å². The van der Waals surface area contributed by atoms with Crippen molar-refractivity contribution < 1.29 is 14.4 Å². The predicted octanol–water partition coefficient (Wildman–Crippen LogP) is 1.44. The summed E-state index contributed by atoms with van der Waals surface area (Å²) >= 11 is 0. The Hall–Kier alpha value is -1.36. The molecule has 0 spiro atoms. The number of aliphatic carboxylic acids is 1. The Morgan fingerprint density at radius 1 is 1.59 bits per heavy atom. The van der Waals surface area contributed by atoms with Crippen molar-refractivity contribution >= 4 is 5.97 Å². The van der Waals surface area contributed by atoms with Crippen LogP contribution in [0.2, 0.25) is 0 Å². The molecule has 1 unspecified atom stereocenters. The predicted molar refractivity (Wildman–Crippen MR) is 61.5 cm³/mol. The first kappa shape index (κ1) is 12.1. The average Bonchev–Trinajstić information content (AvgIpc) is 2.52. The van der Waals surface area contributed by atoms with E-state index in [1.807, 2.05) is 13.8 Å². The number of carboxylic acid groups (broad SMARTS) is 1. The van der Waals surface area contributed by atoms with Crippen LogP contribution in [0.3, 0.4) is 0 Å². The van der Waals surface area contributed by atoms with E-state index in [1.54, 1.807) is 6.92 Å². The maximum atomic E-state index is 10.8. The normalized spacial score (nSPS) is 19.0. The van der Waals surface area contributed by atoms with E-state index in [2.05, 4.69) is 10.1 Å². The first-order chi connectivity index (χ1) is 7.99. The zero-order valence-corrected chi connectivity index (χ0v) is 10.4. The third-order valence-corrected chi connectivity index (χ3v) is 3.64. The van der Waals surface area contributed by atoms with Crippen molar-refractivity contribution in [3.05, 3.63) is 17.0 Å². The Morgan fingerprint density at radius 2 is 2.24 bits per heavy atom. The number of hydrogen-bond donors (Lipinski definition) is 1. The van der Waals surface area contributed by atoms with Crippen LogP contribution in [0.4, 0.5) is 0 Å². The molecule has 0 amide bonds. The fourth-order valence-corrected chi connectivity index (χ4v) is 2.21. The third-order valence-electron chi connectivity index (χ3n) is 3.64. The quantitative estimate of drug-likeness (QED) is 0.859. The highest BCUT2D eigenvalue weighted by Crippen LogP contribution is 2.27. The van der Waals surface area contributed by atoms with E-state index in [9.17, 15) is 4.79 Å². The highest BCUT2D eigenvalue weighted by molar-refractivity contribution is 5.70. The molecule has 0 aromatic carbocycles. The van der Waals surface area contributed by atoms with Crippen LogP contribution in [0, 0.1) is 25.7 Å². The third kappa shape index (κ3) is 2.34. The van der Waals surface area contributed by atoms with Gasteiger partial charge in [-0.05, 0) is 19.8 Å². The summed E-state index contributed by atoms with van der Waals surface area (Å²) in [6, 6.07) is 0. The van der Waals surface area contributed by atoms with Crippen molar-refractivity contribution in [1.82, 2.24) is 10.1 Å². The van der Waals surface area contributed by atoms with Crippen molar-refractivity contribution in [3.8, 4) is 0 Å². The number of carboxylic acids is 1. The number of aromatic nitrogens is 1. The maximum Gasteiger partial charge on any atom is 0.306 e. The molecule has 2 heterocycles. The van der Waals surface area contributed by atoms with Gasteiger partial charge in [-0.25, -0.2) is 0 Å². The van der Waals surface area contributed by atoms with Crippen LogP contribution in [-0.2, 0) is 11.3 Å². The van der Waals surface area contributed by atoms with Gasteiger partial charge in [-0.1, -0.05) is 12.1 Å². The summed E-state index contributed by atoms with van der Waals surface area (Å²) in [5.41, 5.74) is 2.06. The molecular weight excluding hydrogens is 220 g/mol. The summed E-state index contributed by atoms with van der Waals surface area (Å²) in [4.78, 5) is 13.1. The van der Waals surface area contributed by atoms with Crippen LogP contribution in [-0.4, -0.2) is 34.2 Å². The Balaban J connectivity index is 1.87. The van der Waals surface area contributed by atoms with Gasteiger partial charge in [0.15, 0.2) is 0 Å². The molecule has 1 aliphatic heterocycles. The van der Waals surface area contributed by atoms with Gasteiger partial charge in [-0.3, -0.25) is 9.69 Å². The van der Waals surface area contributed by atoms with Gasteiger partial charge in [-0.15, -0.1) is 0 Å². The monoisotopic (exact) mass is 238 g/mol. The number of carbonyl (C=O) groups is 1. The summed E-state index contributed by atoms with van der Waals surface area (Å²) in [7, 11) is 0. The van der Waals surface area contributed by atoms with E-state index < -0.39 is 5.97 Å². The lowest BCUT2D eigenvalue weighted by Gasteiger charge is -2.41. The minimum Gasteiger partial charge on any atom is -0.481 e. The van der Waals surface area contributed by atoms with E-state index in [-0.39, 0.29) is 11.8 Å². The topological polar surface area (TPSA) is 66.6 Å². The molecule has 2 rings (SSSR count). The molecule has 1 N–H and O–H groups in total. The van der Waals surface area contributed by atoms with E-state index in [0.29, 0.717) is 0 Å². The zero-order chi connectivity index (χ0) is 12.6. The first-order valence-corrected chi connectivity index (χ1v) is 5.86. The molecule has 0 radical (unpaired) electrons. The molecule has 17 heavy (non-hydrogen) atoms. The van der Waals surface area contributed by atoms with E-state index in [0.717, 1.165) is 36.7 Å². The van der Waals surface area contributed by atoms with Crippen molar-refractivity contribution in [2.75, 3.05) is 13.1 Å². The minimum atomic E-state index is -0.702. The van der Waals surface area contributed by atoms with Crippen molar-refractivity contribution in [3.63, 3.8) is 0 Å². The van der Waals surface area contributed by atoms with Gasteiger partial charge >= 0.3 is 5.97 Å². The molecular formula is C12H18N2O3. The molecule has 5 nitrogen and oxygen atoms in total. The Kier molecular flexibility index (Phi) is 3.19. The molecule has 0 aliphatic carbocycles. The average molecular weight is 238 g/mol. The number of hydrogen-bond acceptors (Lipinski definition) is 4. The molecule has 1 atom stereocenters. The second-order valence-electron chi connectivity index (χ2n) is 4.88. The fourth-order valence-electron chi connectivity index (χ4n) is 2.21. The van der Waals surface area contributed by atoms with Crippen LogP contribution in [0.1, 0.15) is 23.9 Å².